The van der Waals surface area contributed by atoms with Gasteiger partial charge in [0.05, 0.1) is 6.54 Å². The number of benzene rings is 1. The van der Waals surface area contributed by atoms with E-state index in [0.29, 0.717) is 19.7 Å². The molecule has 162 valence electrons. The van der Waals surface area contributed by atoms with Gasteiger partial charge >= 0.3 is 0 Å². The van der Waals surface area contributed by atoms with Crippen LogP contribution in [0.2, 0.25) is 0 Å². The highest BCUT2D eigenvalue weighted by Crippen LogP contribution is 2.30. The zero-order valence-electron chi connectivity index (χ0n) is 17.3. The first-order valence-corrected chi connectivity index (χ1v) is 10.3. The molecule has 1 saturated heterocycles. The molecule has 8 heteroatoms. The molecule has 0 radical (unpaired) electrons. The Morgan fingerprint density at radius 2 is 1.93 bits per heavy atom. The normalized spacial score (nSPS) is 18.4. The molecule has 0 saturated carbocycles. The van der Waals surface area contributed by atoms with Crippen molar-refractivity contribution in [1.29, 1.82) is 0 Å². The summed E-state index contributed by atoms with van der Waals surface area (Å²) >= 11 is 0. The van der Waals surface area contributed by atoms with Crippen molar-refractivity contribution in [2.75, 3.05) is 38.2 Å². The number of aliphatic imine (C=N–C) groups is 1. The van der Waals surface area contributed by atoms with Gasteiger partial charge in [0, 0.05) is 32.9 Å². The first-order valence-electron chi connectivity index (χ1n) is 10.3. The Hall–Kier alpha value is -2.23. The van der Waals surface area contributed by atoms with Gasteiger partial charge in [-0.1, -0.05) is 12.1 Å². The summed E-state index contributed by atoms with van der Waals surface area (Å²) in [6.07, 6.45) is 5.65. The Morgan fingerprint density at radius 1 is 1.13 bits per heavy atom. The van der Waals surface area contributed by atoms with Crippen molar-refractivity contribution in [2.45, 2.75) is 31.9 Å². The number of hydrogen-bond donors (Lipinski definition) is 2. The molecule has 1 fully saturated rings. The number of halogens is 1. The third-order valence-electron chi connectivity index (χ3n) is 5.24. The summed E-state index contributed by atoms with van der Waals surface area (Å²) in [7, 11) is 1.77. The van der Waals surface area contributed by atoms with Crippen molar-refractivity contribution in [3.05, 3.63) is 48.2 Å². The molecule has 1 aromatic carbocycles. The first kappa shape index (κ1) is 22.5. The van der Waals surface area contributed by atoms with Crippen LogP contribution in [0.15, 0.2) is 47.6 Å². The number of nitrogens with one attached hydrogen (secondary N) is 2. The maximum Gasteiger partial charge on any atom is 0.191 e. The number of ether oxygens (including phenoxy) is 2. The van der Waals surface area contributed by atoms with E-state index >= 15 is 0 Å². The SMILES string of the molecule is CN=C(NCc1ccnc(N2CCCCC2)c1)NCC1COc2ccccc2O1.I. The van der Waals surface area contributed by atoms with Crippen molar-refractivity contribution >= 4 is 35.8 Å². The van der Waals surface area contributed by atoms with Crippen molar-refractivity contribution in [3.8, 4) is 11.5 Å². The quantitative estimate of drug-likeness (QED) is 0.357. The molecule has 30 heavy (non-hydrogen) atoms. The second kappa shape index (κ2) is 11.2. The highest BCUT2D eigenvalue weighted by Gasteiger charge is 2.20. The molecule has 1 atom stereocenters. The fourth-order valence-electron chi connectivity index (χ4n) is 3.65. The smallest absolute Gasteiger partial charge is 0.191 e. The highest BCUT2D eigenvalue weighted by molar-refractivity contribution is 14.0. The van der Waals surface area contributed by atoms with Crippen LogP contribution >= 0.6 is 24.0 Å². The summed E-state index contributed by atoms with van der Waals surface area (Å²) in [5.74, 6) is 3.39. The van der Waals surface area contributed by atoms with Gasteiger partial charge in [-0.25, -0.2) is 4.98 Å². The Bertz CT molecular complexity index is 842. The summed E-state index contributed by atoms with van der Waals surface area (Å²) in [5.41, 5.74) is 1.19. The number of guanidine groups is 1. The van der Waals surface area contributed by atoms with Crippen LogP contribution < -0.4 is 25.0 Å². The number of anilines is 1. The van der Waals surface area contributed by atoms with Crippen LogP contribution in [0.25, 0.3) is 0 Å². The number of para-hydroxylation sites is 2. The van der Waals surface area contributed by atoms with E-state index in [4.69, 9.17) is 9.47 Å². The van der Waals surface area contributed by atoms with Crippen LogP contribution in [0, 0.1) is 0 Å². The molecule has 0 spiro atoms. The molecular weight excluding hydrogens is 493 g/mol. The molecule has 3 heterocycles. The second-order valence-electron chi connectivity index (χ2n) is 7.37. The minimum Gasteiger partial charge on any atom is -0.486 e. The molecule has 7 nitrogen and oxygen atoms in total. The van der Waals surface area contributed by atoms with E-state index in [1.54, 1.807) is 7.05 Å². The fourth-order valence-corrected chi connectivity index (χ4v) is 3.65. The molecule has 0 bridgehead atoms. The van der Waals surface area contributed by atoms with Crippen LogP contribution in [0.5, 0.6) is 11.5 Å². The van der Waals surface area contributed by atoms with Gasteiger partial charge in [0.25, 0.3) is 0 Å². The third kappa shape index (κ3) is 5.90. The van der Waals surface area contributed by atoms with Crippen LogP contribution in [0.3, 0.4) is 0 Å². The molecule has 1 unspecified atom stereocenters. The predicted octanol–water partition coefficient (Wildman–Crippen LogP) is 3.19. The number of hydrogen-bond acceptors (Lipinski definition) is 5. The minimum atomic E-state index is -0.0601. The Labute approximate surface area is 195 Å². The Balaban J connectivity index is 0.00000256. The van der Waals surface area contributed by atoms with Crippen molar-refractivity contribution in [1.82, 2.24) is 15.6 Å². The van der Waals surface area contributed by atoms with Crippen molar-refractivity contribution in [3.63, 3.8) is 0 Å². The van der Waals surface area contributed by atoms with E-state index in [1.165, 1.54) is 24.8 Å². The standard InChI is InChI=1S/C22H29N5O2.HI/c1-23-22(26-15-18-16-28-19-7-3-4-8-20(19)29-18)25-14-17-9-10-24-21(13-17)27-11-5-2-6-12-27;/h3-4,7-10,13,18H,2,5-6,11-12,14-16H2,1H3,(H2,23,25,26);1H. The third-order valence-corrected chi connectivity index (χ3v) is 5.24. The average Bonchev–Trinajstić information content (AvgIpc) is 2.80. The zero-order valence-corrected chi connectivity index (χ0v) is 19.7. The number of pyridine rings is 1. The van der Waals surface area contributed by atoms with E-state index in [2.05, 4.69) is 31.6 Å². The molecule has 2 aliphatic rings. The summed E-state index contributed by atoms with van der Waals surface area (Å²) in [6.45, 7) is 4.02. The number of aromatic nitrogens is 1. The minimum absolute atomic E-state index is 0. The lowest BCUT2D eigenvalue weighted by Gasteiger charge is -2.28. The molecule has 0 amide bonds. The van der Waals surface area contributed by atoms with E-state index < -0.39 is 0 Å². The van der Waals surface area contributed by atoms with Gasteiger partial charge in [0.15, 0.2) is 17.5 Å². The van der Waals surface area contributed by atoms with E-state index in [0.717, 1.165) is 36.4 Å². The van der Waals surface area contributed by atoms with Gasteiger partial charge < -0.3 is 25.0 Å². The molecular formula is C22H30IN5O2. The van der Waals surface area contributed by atoms with Crippen LogP contribution in [0.4, 0.5) is 5.82 Å². The summed E-state index contributed by atoms with van der Waals surface area (Å²) in [6, 6.07) is 12.0. The average molecular weight is 523 g/mol. The Morgan fingerprint density at radius 3 is 2.73 bits per heavy atom. The summed E-state index contributed by atoms with van der Waals surface area (Å²) in [4.78, 5) is 11.2. The molecule has 2 aliphatic heterocycles. The van der Waals surface area contributed by atoms with Crippen molar-refractivity contribution < 1.29 is 9.47 Å². The topological polar surface area (TPSA) is 71.0 Å². The lowest BCUT2D eigenvalue weighted by molar-refractivity contribution is 0.0936. The number of rotatable bonds is 5. The fraction of sp³-hybridized carbons (Fsp3) is 0.455. The maximum atomic E-state index is 5.99. The number of piperidine rings is 1. The van der Waals surface area contributed by atoms with Gasteiger partial charge in [-0.15, -0.1) is 24.0 Å². The van der Waals surface area contributed by atoms with Crippen LogP contribution in [-0.4, -0.2) is 50.3 Å². The molecule has 4 rings (SSSR count). The molecule has 1 aromatic heterocycles. The lowest BCUT2D eigenvalue weighted by Crippen LogP contribution is -2.45. The predicted molar refractivity (Wildman–Crippen MR) is 130 cm³/mol. The maximum absolute atomic E-state index is 5.99. The van der Waals surface area contributed by atoms with Gasteiger partial charge in [0.2, 0.25) is 0 Å². The lowest BCUT2D eigenvalue weighted by atomic mass is 10.1. The second-order valence-corrected chi connectivity index (χ2v) is 7.37. The zero-order chi connectivity index (χ0) is 19.9. The van der Waals surface area contributed by atoms with Crippen molar-refractivity contribution in [2.24, 2.45) is 4.99 Å². The monoisotopic (exact) mass is 523 g/mol. The van der Waals surface area contributed by atoms with Gasteiger partial charge in [-0.05, 0) is 49.1 Å². The number of fused-ring (bicyclic) bond motifs is 1. The van der Waals surface area contributed by atoms with E-state index in [1.807, 2.05) is 36.5 Å². The molecule has 2 N–H and O–H groups in total. The largest absolute Gasteiger partial charge is 0.486 e. The molecule has 2 aromatic rings. The van der Waals surface area contributed by atoms with Gasteiger partial charge in [-0.2, -0.15) is 0 Å². The van der Waals surface area contributed by atoms with Gasteiger partial charge in [0.1, 0.15) is 18.5 Å². The van der Waals surface area contributed by atoms with E-state index in [-0.39, 0.29) is 30.1 Å². The van der Waals surface area contributed by atoms with Gasteiger partial charge in [-0.3, -0.25) is 4.99 Å². The highest BCUT2D eigenvalue weighted by atomic mass is 127. The van der Waals surface area contributed by atoms with Crippen LogP contribution in [-0.2, 0) is 6.54 Å². The summed E-state index contributed by atoms with van der Waals surface area (Å²) < 4.78 is 11.8. The number of nitrogens with zero attached hydrogens (tertiary/aromatic N) is 3. The first-order chi connectivity index (χ1) is 14.3. The summed E-state index contributed by atoms with van der Waals surface area (Å²) in [5, 5.41) is 6.70. The van der Waals surface area contributed by atoms with E-state index in [9.17, 15) is 0 Å². The van der Waals surface area contributed by atoms with Crippen LogP contribution in [0.1, 0.15) is 24.8 Å². The molecule has 0 aliphatic carbocycles. The Kier molecular flexibility index (Phi) is 8.41.